The van der Waals surface area contributed by atoms with Gasteiger partial charge in [-0.1, -0.05) is 0 Å². The lowest BCUT2D eigenvalue weighted by Gasteiger charge is -2.26. The fourth-order valence-corrected chi connectivity index (χ4v) is 4.22. The molecule has 8 atom stereocenters. The first-order valence-electron chi connectivity index (χ1n) is 8.82. The molecule has 9 heteroatoms. The van der Waals surface area contributed by atoms with Gasteiger partial charge in [0.2, 0.25) is 12.5 Å². The van der Waals surface area contributed by atoms with Crippen LogP contribution in [0.25, 0.3) is 0 Å². The molecule has 4 fully saturated rings. The topological polar surface area (TPSA) is 112 Å². The molecule has 9 nitrogen and oxygen atoms in total. The van der Waals surface area contributed by atoms with Crippen LogP contribution in [-0.2, 0) is 28.4 Å². The minimum atomic E-state index is -0.722. The zero-order chi connectivity index (χ0) is 18.0. The van der Waals surface area contributed by atoms with Gasteiger partial charge >= 0.3 is 0 Å². The van der Waals surface area contributed by atoms with Crippen LogP contribution in [0.15, 0.2) is 0 Å². The van der Waals surface area contributed by atoms with Crippen molar-refractivity contribution in [3.8, 4) is 0 Å². The molecule has 144 valence electrons. The number of hydrogen-bond donors (Lipinski definition) is 3. The van der Waals surface area contributed by atoms with E-state index in [4.69, 9.17) is 28.4 Å². The minimum Gasteiger partial charge on any atom is -0.394 e. The molecule has 0 unspecified atom stereocenters. The van der Waals surface area contributed by atoms with Gasteiger partial charge in [-0.3, -0.25) is 5.32 Å². The Morgan fingerprint density at radius 3 is 1.40 bits per heavy atom. The van der Waals surface area contributed by atoms with Crippen LogP contribution in [0, 0.1) is 0 Å². The summed E-state index contributed by atoms with van der Waals surface area (Å²) in [5.74, 6) is -1.44. The molecule has 0 aliphatic carbocycles. The first-order valence-corrected chi connectivity index (χ1v) is 8.82. The summed E-state index contributed by atoms with van der Waals surface area (Å²) in [6.07, 6.45) is -3.00. The van der Waals surface area contributed by atoms with E-state index in [1.165, 1.54) is 0 Å². The second-order valence-corrected chi connectivity index (χ2v) is 7.97. The highest BCUT2D eigenvalue weighted by Crippen LogP contribution is 2.39. The van der Waals surface area contributed by atoms with Crippen molar-refractivity contribution in [2.24, 2.45) is 0 Å². The molecule has 4 N–H and O–H groups in total. The van der Waals surface area contributed by atoms with Crippen LogP contribution in [-0.4, -0.2) is 84.1 Å². The third kappa shape index (κ3) is 3.11. The molecule has 0 amide bonds. The summed E-state index contributed by atoms with van der Waals surface area (Å²) in [6, 6.07) is 0. The van der Waals surface area contributed by atoms with E-state index in [-0.39, 0.29) is 37.6 Å². The van der Waals surface area contributed by atoms with Crippen molar-refractivity contribution < 1.29 is 44.0 Å². The average Bonchev–Trinajstić information content (AvgIpc) is 3.18. The van der Waals surface area contributed by atoms with Crippen LogP contribution in [0.3, 0.4) is 0 Å². The highest BCUT2D eigenvalue weighted by molar-refractivity contribution is 4.96. The van der Waals surface area contributed by atoms with E-state index in [0.29, 0.717) is 0 Å². The molecule has 0 bridgehead atoms. The number of aliphatic hydroxyl groups excluding tert-OH is 2. The average molecular weight is 362 g/mol. The lowest BCUT2D eigenvalue weighted by atomic mass is 10.1. The summed E-state index contributed by atoms with van der Waals surface area (Å²) in [5, 5.41) is 21.0. The second kappa shape index (κ2) is 6.08. The predicted molar refractivity (Wildman–Crippen MR) is 81.1 cm³/mol. The van der Waals surface area contributed by atoms with Gasteiger partial charge < -0.3 is 38.6 Å². The van der Waals surface area contributed by atoms with Crippen LogP contribution in [0.4, 0.5) is 0 Å². The van der Waals surface area contributed by atoms with E-state index in [0.717, 1.165) is 0 Å². The van der Waals surface area contributed by atoms with Crippen molar-refractivity contribution in [2.75, 3.05) is 13.2 Å². The molecule has 4 aliphatic rings. The van der Waals surface area contributed by atoms with Crippen molar-refractivity contribution in [3.05, 3.63) is 0 Å². The van der Waals surface area contributed by atoms with Crippen molar-refractivity contribution in [2.45, 2.75) is 88.3 Å². The maximum Gasteiger partial charge on any atom is 0.222 e. The highest BCUT2D eigenvalue weighted by Gasteiger charge is 2.61. The van der Waals surface area contributed by atoms with Crippen LogP contribution in [0.2, 0.25) is 0 Å². The zero-order valence-corrected chi connectivity index (χ0v) is 15.0. The molecule has 0 radical (unpaired) electrons. The second-order valence-electron chi connectivity index (χ2n) is 7.97. The molecule has 0 saturated carbocycles. The fraction of sp³-hybridized carbons (Fsp3) is 1.00. The maximum absolute atomic E-state index is 9.58. The Balaban J connectivity index is 1.48. The monoisotopic (exact) mass is 362 g/mol. The van der Waals surface area contributed by atoms with Crippen molar-refractivity contribution in [1.29, 1.82) is 0 Å². The minimum absolute atomic E-state index is 0.144. The third-order valence-electron chi connectivity index (χ3n) is 5.11. The largest absolute Gasteiger partial charge is 0.394 e. The molecule has 0 spiro atoms. The first kappa shape index (κ1) is 18.0. The van der Waals surface area contributed by atoms with Crippen molar-refractivity contribution in [3.63, 3.8) is 0 Å². The van der Waals surface area contributed by atoms with E-state index >= 15 is 0 Å². The Hall–Kier alpha value is -0.360. The number of ether oxygens (including phenoxy) is 6. The van der Waals surface area contributed by atoms with Crippen LogP contribution < -0.4 is 5.32 Å². The lowest BCUT2D eigenvalue weighted by Crippen LogP contribution is -2.99. The Morgan fingerprint density at radius 1 is 0.680 bits per heavy atom. The first-order chi connectivity index (χ1) is 11.7. The van der Waals surface area contributed by atoms with Crippen molar-refractivity contribution in [1.82, 2.24) is 0 Å². The Bertz CT molecular complexity index is 470. The quantitative estimate of drug-likeness (QED) is 0.528. The van der Waals surface area contributed by atoms with E-state index in [1.807, 2.05) is 33.0 Å². The number of aliphatic hydroxyl groups is 2. The van der Waals surface area contributed by atoms with Gasteiger partial charge in [-0.15, -0.1) is 0 Å². The van der Waals surface area contributed by atoms with Crippen molar-refractivity contribution >= 4 is 0 Å². The van der Waals surface area contributed by atoms with Gasteiger partial charge in [0.25, 0.3) is 0 Å². The molecule has 0 aromatic carbocycles. The van der Waals surface area contributed by atoms with Gasteiger partial charge in [0.15, 0.2) is 23.8 Å². The number of quaternary nitrogens is 1. The summed E-state index contributed by atoms with van der Waals surface area (Å²) in [5.41, 5.74) is 0. The van der Waals surface area contributed by atoms with E-state index in [1.54, 1.807) is 0 Å². The molecular formula is C16H28NO8+. The van der Waals surface area contributed by atoms with Gasteiger partial charge in [-0.05, 0) is 27.7 Å². The third-order valence-corrected chi connectivity index (χ3v) is 5.11. The zero-order valence-electron chi connectivity index (χ0n) is 15.0. The van der Waals surface area contributed by atoms with E-state index in [9.17, 15) is 10.2 Å². The van der Waals surface area contributed by atoms with Crippen LogP contribution >= 0.6 is 0 Å². The SMILES string of the molecule is CC1(C)O[C@@H]2[C@H](O1)[C@H]([NH2+][C@@H]1O[C@H](CO)[C@H]3OC(C)(C)O[C@H]31)O[C@H]2CO. The van der Waals surface area contributed by atoms with Gasteiger partial charge in [-0.2, -0.15) is 0 Å². The Morgan fingerprint density at radius 2 is 1.04 bits per heavy atom. The summed E-state index contributed by atoms with van der Waals surface area (Å²) >= 11 is 0. The Labute approximate surface area is 146 Å². The van der Waals surface area contributed by atoms with Gasteiger partial charge in [-0.25, -0.2) is 0 Å². The number of fused-ring (bicyclic) bond motifs is 2. The van der Waals surface area contributed by atoms with E-state index in [2.05, 4.69) is 0 Å². The normalized spacial score (nSPS) is 50.2. The van der Waals surface area contributed by atoms with E-state index < -0.39 is 36.2 Å². The molecular weight excluding hydrogens is 334 g/mol. The molecule has 4 heterocycles. The molecule has 4 rings (SSSR count). The van der Waals surface area contributed by atoms with Gasteiger partial charge in [0.1, 0.15) is 24.4 Å². The molecule has 4 aliphatic heterocycles. The Kier molecular flexibility index (Phi) is 4.38. The number of rotatable bonds is 4. The summed E-state index contributed by atoms with van der Waals surface area (Å²) in [6.45, 7) is 7.09. The predicted octanol–water partition coefficient (Wildman–Crippen LogP) is -1.98. The molecule has 4 saturated heterocycles. The standard InChI is InChI=1S/C16H27NO8/c1-15(2)22-9-7(5-18)20-13(11(9)24-15)17-14-12-10(8(6-19)21-14)23-16(3,4)25-12/h7-14,17-19H,5-6H2,1-4H3/p+1/t7-,8+,9-,10+,11-,12+,13-,14-/m1/s1. The van der Waals surface area contributed by atoms with Crippen LogP contribution in [0.5, 0.6) is 0 Å². The highest BCUT2D eigenvalue weighted by atomic mass is 16.8. The molecule has 25 heavy (non-hydrogen) atoms. The molecule has 0 aromatic rings. The van der Waals surface area contributed by atoms with Gasteiger partial charge in [0.05, 0.1) is 13.2 Å². The number of nitrogens with two attached hydrogens (primary N) is 1. The maximum atomic E-state index is 9.58. The summed E-state index contributed by atoms with van der Waals surface area (Å²) in [4.78, 5) is 0. The molecule has 0 aromatic heterocycles. The fourth-order valence-electron chi connectivity index (χ4n) is 4.22. The summed E-state index contributed by atoms with van der Waals surface area (Å²) in [7, 11) is 0. The number of hydrogen-bond acceptors (Lipinski definition) is 8. The van der Waals surface area contributed by atoms with Crippen LogP contribution in [0.1, 0.15) is 27.7 Å². The van der Waals surface area contributed by atoms with Gasteiger partial charge in [0, 0.05) is 0 Å². The lowest BCUT2D eigenvalue weighted by molar-refractivity contribution is -0.791. The summed E-state index contributed by atoms with van der Waals surface area (Å²) < 4.78 is 35.5. The smallest absolute Gasteiger partial charge is 0.222 e.